The van der Waals surface area contributed by atoms with Crippen molar-refractivity contribution in [1.29, 1.82) is 0 Å². The number of amides is 1. The van der Waals surface area contributed by atoms with E-state index in [2.05, 4.69) is 0 Å². The van der Waals surface area contributed by atoms with Gasteiger partial charge in [0.1, 0.15) is 5.78 Å². The molecular formula is C15H27NO3. The van der Waals surface area contributed by atoms with Crippen LogP contribution in [0.4, 0.5) is 0 Å². The van der Waals surface area contributed by atoms with Crippen LogP contribution in [0.15, 0.2) is 0 Å². The van der Waals surface area contributed by atoms with E-state index in [0.29, 0.717) is 26.1 Å². The molecular weight excluding hydrogens is 242 g/mol. The second kappa shape index (κ2) is 9.08. The van der Waals surface area contributed by atoms with E-state index in [0.717, 1.165) is 38.6 Å². The quantitative estimate of drug-likeness (QED) is 0.667. The highest BCUT2D eigenvalue weighted by molar-refractivity contribution is 5.79. The van der Waals surface area contributed by atoms with Crippen LogP contribution in [0.1, 0.15) is 58.8 Å². The number of rotatable bonds is 7. The number of Topliss-reactive ketones (excluding diaryl/α,β-unsaturated/α-hetero) is 1. The molecule has 1 aliphatic rings. The van der Waals surface area contributed by atoms with Crippen LogP contribution in [0, 0.1) is 0 Å². The summed E-state index contributed by atoms with van der Waals surface area (Å²) in [6.45, 7) is 5.73. The second-order valence-electron chi connectivity index (χ2n) is 5.30. The van der Waals surface area contributed by atoms with Gasteiger partial charge in [-0.1, -0.05) is 12.8 Å². The lowest BCUT2D eigenvalue weighted by Crippen LogP contribution is -2.41. The molecule has 1 rings (SSSR count). The molecule has 0 N–H and O–H groups in total. The molecule has 4 heteroatoms. The van der Waals surface area contributed by atoms with Gasteiger partial charge in [0, 0.05) is 38.6 Å². The fraction of sp³-hybridized carbons (Fsp3) is 0.867. The molecule has 4 nitrogen and oxygen atoms in total. The van der Waals surface area contributed by atoms with Crippen molar-refractivity contribution in [2.75, 3.05) is 19.8 Å². The molecule has 1 fully saturated rings. The first-order chi connectivity index (χ1) is 9.15. The van der Waals surface area contributed by atoms with E-state index in [9.17, 15) is 9.59 Å². The predicted molar refractivity (Wildman–Crippen MR) is 75.0 cm³/mol. The van der Waals surface area contributed by atoms with Crippen molar-refractivity contribution in [2.45, 2.75) is 64.8 Å². The third-order valence-electron chi connectivity index (χ3n) is 3.60. The third-order valence-corrected chi connectivity index (χ3v) is 3.60. The summed E-state index contributed by atoms with van der Waals surface area (Å²) in [7, 11) is 0. The minimum Gasteiger partial charge on any atom is -0.382 e. The van der Waals surface area contributed by atoms with E-state index in [1.165, 1.54) is 0 Å². The predicted octanol–water partition coefficient (Wildman–Crippen LogP) is 2.55. The van der Waals surface area contributed by atoms with Crippen LogP contribution in [0.5, 0.6) is 0 Å². The van der Waals surface area contributed by atoms with Crippen molar-refractivity contribution < 1.29 is 14.3 Å². The molecule has 0 radical (unpaired) electrons. The van der Waals surface area contributed by atoms with Gasteiger partial charge in [-0.25, -0.2) is 0 Å². The molecule has 0 aromatic carbocycles. The van der Waals surface area contributed by atoms with Crippen molar-refractivity contribution in [2.24, 2.45) is 0 Å². The van der Waals surface area contributed by atoms with Crippen LogP contribution in [0.2, 0.25) is 0 Å². The Morgan fingerprint density at radius 2 is 2.05 bits per heavy atom. The van der Waals surface area contributed by atoms with Gasteiger partial charge in [-0.2, -0.15) is 0 Å². The lowest BCUT2D eigenvalue weighted by atomic mass is 10.0. The first kappa shape index (κ1) is 16.2. The Bertz CT molecular complexity index is 291. The van der Waals surface area contributed by atoms with E-state index in [1.807, 2.05) is 11.8 Å². The summed E-state index contributed by atoms with van der Waals surface area (Å²) in [6.07, 6.45) is 6.14. The van der Waals surface area contributed by atoms with Gasteiger partial charge in [-0.3, -0.25) is 9.59 Å². The summed E-state index contributed by atoms with van der Waals surface area (Å²) in [6, 6.07) is 0.125. The van der Waals surface area contributed by atoms with Gasteiger partial charge in [0.05, 0.1) is 0 Å². The number of hydrogen-bond donors (Lipinski definition) is 0. The average molecular weight is 269 g/mol. The topological polar surface area (TPSA) is 46.6 Å². The average Bonchev–Trinajstić information content (AvgIpc) is 2.59. The molecule has 0 saturated carbocycles. The second-order valence-corrected chi connectivity index (χ2v) is 5.30. The SMILES string of the molecule is CCOCCCC(=O)N1CCCCCC1CC(C)=O. The number of carbonyl (C=O) groups is 2. The Balaban J connectivity index is 2.48. The zero-order chi connectivity index (χ0) is 14.1. The molecule has 1 amide bonds. The van der Waals surface area contributed by atoms with Crippen LogP contribution in [0.25, 0.3) is 0 Å². The normalized spacial score (nSPS) is 20.1. The number of ether oxygens (including phenoxy) is 1. The zero-order valence-electron chi connectivity index (χ0n) is 12.3. The van der Waals surface area contributed by atoms with E-state index in [1.54, 1.807) is 6.92 Å². The summed E-state index contributed by atoms with van der Waals surface area (Å²) in [5.41, 5.74) is 0. The van der Waals surface area contributed by atoms with E-state index in [4.69, 9.17) is 4.74 Å². The molecule has 0 spiro atoms. The number of ketones is 1. The van der Waals surface area contributed by atoms with Crippen LogP contribution < -0.4 is 0 Å². The van der Waals surface area contributed by atoms with Gasteiger partial charge in [0.15, 0.2) is 0 Å². The van der Waals surface area contributed by atoms with Crippen molar-refractivity contribution >= 4 is 11.7 Å². The largest absolute Gasteiger partial charge is 0.382 e. The summed E-state index contributed by atoms with van der Waals surface area (Å²) >= 11 is 0. The maximum atomic E-state index is 12.3. The Kier molecular flexibility index (Phi) is 7.72. The fourth-order valence-electron chi connectivity index (χ4n) is 2.66. The van der Waals surface area contributed by atoms with Crippen molar-refractivity contribution in [3.63, 3.8) is 0 Å². The van der Waals surface area contributed by atoms with Crippen molar-refractivity contribution in [1.82, 2.24) is 4.90 Å². The molecule has 0 aromatic rings. The van der Waals surface area contributed by atoms with Crippen LogP contribution >= 0.6 is 0 Å². The highest BCUT2D eigenvalue weighted by Gasteiger charge is 2.25. The molecule has 1 aliphatic heterocycles. The lowest BCUT2D eigenvalue weighted by Gasteiger charge is -2.29. The Morgan fingerprint density at radius 3 is 2.74 bits per heavy atom. The zero-order valence-corrected chi connectivity index (χ0v) is 12.3. The molecule has 0 aromatic heterocycles. The van der Waals surface area contributed by atoms with Crippen LogP contribution in [-0.2, 0) is 14.3 Å². The van der Waals surface area contributed by atoms with Crippen molar-refractivity contribution in [3.05, 3.63) is 0 Å². The minimum absolute atomic E-state index is 0.125. The molecule has 110 valence electrons. The number of carbonyl (C=O) groups excluding carboxylic acids is 2. The Labute approximate surface area is 116 Å². The first-order valence-electron chi connectivity index (χ1n) is 7.51. The monoisotopic (exact) mass is 269 g/mol. The maximum Gasteiger partial charge on any atom is 0.222 e. The molecule has 1 saturated heterocycles. The van der Waals surface area contributed by atoms with E-state index >= 15 is 0 Å². The number of likely N-dealkylation sites (tertiary alicyclic amines) is 1. The van der Waals surface area contributed by atoms with E-state index in [-0.39, 0.29) is 17.7 Å². The maximum absolute atomic E-state index is 12.3. The summed E-state index contributed by atoms with van der Waals surface area (Å²) in [5.74, 6) is 0.367. The van der Waals surface area contributed by atoms with Gasteiger partial charge >= 0.3 is 0 Å². The lowest BCUT2D eigenvalue weighted by molar-refractivity contribution is -0.134. The highest BCUT2D eigenvalue weighted by Crippen LogP contribution is 2.20. The summed E-state index contributed by atoms with van der Waals surface area (Å²) < 4.78 is 5.26. The molecule has 1 atom stereocenters. The fourth-order valence-corrected chi connectivity index (χ4v) is 2.66. The van der Waals surface area contributed by atoms with Gasteiger partial charge in [0.2, 0.25) is 5.91 Å². The number of nitrogens with zero attached hydrogens (tertiary/aromatic N) is 1. The number of hydrogen-bond acceptors (Lipinski definition) is 3. The molecule has 0 aliphatic carbocycles. The Hall–Kier alpha value is -0.900. The van der Waals surface area contributed by atoms with Crippen LogP contribution in [0.3, 0.4) is 0 Å². The third kappa shape index (κ3) is 6.19. The smallest absolute Gasteiger partial charge is 0.222 e. The standard InChI is InChI=1S/C15H27NO3/c1-3-19-11-7-9-15(18)16-10-6-4-5-8-14(16)12-13(2)17/h14H,3-12H2,1-2H3. The van der Waals surface area contributed by atoms with E-state index < -0.39 is 0 Å². The van der Waals surface area contributed by atoms with Gasteiger partial charge in [0.25, 0.3) is 0 Å². The van der Waals surface area contributed by atoms with Gasteiger partial charge < -0.3 is 9.64 Å². The Morgan fingerprint density at radius 1 is 1.26 bits per heavy atom. The molecule has 0 bridgehead atoms. The molecule has 19 heavy (non-hydrogen) atoms. The highest BCUT2D eigenvalue weighted by atomic mass is 16.5. The van der Waals surface area contributed by atoms with Gasteiger partial charge in [-0.15, -0.1) is 0 Å². The summed E-state index contributed by atoms with van der Waals surface area (Å²) in [5, 5.41) is 0. The van der Waals surface area contributed by atoms with Crippen molar-refractivity contribution in [3.8, 4) is 0 Å². The minimum atomic E-state index is 0.125. The molecule has 1 heterocycles. The van der Waals surface area contributed by atoms with Crippen LogP contribution in [-0.4, -0.2) is 42.4 Å². The molecule has 1 unspecified atom stereocenters. The van der Waals surface area contributed by atoms with Gasteiger partial charge in [-0.05, 0) is 33.1 Å². The first-order valence-corrected chi connectivity index (χ1v) is 7.51. The summed E-state index contributed by atoms with van der Waals surface area (Å²) in [4.78, 5) is 25.5.